The number of aromatic nitrogens is 3. The van der Waals surface area contributed by atoms with Crippen molar-refractivity contribution in [2.75, 3.05) is 30.3 Å². The smallest absolute Gasteiger partial charge is 0.141 e. The molecule has 7 nitrogen and oxygen atoms in total. The summed E-state index contributed by atoms with van der Waals surface area (Å²) in [5.41, 5.74) is 6.30. The number of halogens is 1. The van der Waals surface area contributed by atoms with Crippen LogP contribution in [0.15, 0.2) is 85.5 Å². The molecule has 0 spiro atoms. The third kappa shape index (κ3) is 5.87. The SMILES string of the molecule is N=Cc1cc(Nc2ncnc3ccc(-c4ccn(CCN5CCCC5)c4)cc23)ccc1NCc1cccc(F)c1. The third-order valence-electron chi connectivity index (χ3n) is 7.43. The zero-order valence-electron chi connectivity index (χ0n) is 22.3. The van der Waals surface area contributed by atoms with E-state index in [1.807, 2.05) is 30.3 Å². The first-order chi connectivity index (χ1) is 19.6. The lowest BCUT2D eigenvalue weighted by atomic mass is 10.1. The van der Waals surface area contributed by atoms with Gasteiger partial charge in [-0.25, -0.2) is 14.4 Å². The van der Waals surface area contributed by atoms with Crippen molar-refractivity contribution in [2.24, 2.45) is 0 Å². The van der Waals surface area contributed by atoms with E-state index in [1.165, 1.54) is 44.3 Å². The van der Waals surface area contributed by atoms with Crippen LogP contribution in [0.5, 0.6) is 0 Å². The second kappa shape index (κ2) is 11.7. The van der Waals surface area contributed by atoms with Crippen LogP contribution in [0, 0.1) is 11.2 Å². The van der Waals surface area contributed by atoms with Gasteiger partial charge >= 0.3 is 0 Å². The van der Waals surface area contributed by atoms with E-state index in [1.54, 1.807) is 12.4 Å². The van der Waals surface area contributed by atoms with Gasteiger partial charge in [0.25, 0.3) is 0 Å². The fourth-order valence-corrected chi connectivity index (χ4v) is 5.25. The Hall–Kier alpha value is -4.56. The van der Waals surface area contributed by atoms with Crippen LogP contribution >= 0.6 is 0 Å². The highest BCUT2D eigenvalue weighted by molar-refractivity contribution is 5.94. The van der Waals surface area contributed by atoms with E-state index in [-0.39, 0.29) is 5.82 Å². The fourth-order valence-electron chi connectivity index (χ4n) is 5.25. The summed E-state index contributed by atoms with van der Waals surface area (Å²) < 4.78 is 15.8. The molecule has 1 aliphatic rings. The minimum Gasteiger partial charge on any atom is -0.380 e. The number of nitrogens with one attached hydrogen (secondary N) is 3. The molecule has 0 amide bonds. The Labute approximate surface area is 233 Å². The summed E-state index contributed by atoms with van der Waals surface area (Å²) >= 11 is 0. The molecule has 2 aromatic heterocycles. The number of nitrogens with zero attached hydrogens (tertiary/aromatic N) is 4. The van der Waals surface area contributed by atoms with Crippen LogP contribution in [0.1, 0.15) is 24.0 Å². The first-order valence-corrected chi connectivity index (χ1v) is 13.7. The second-order valence-electron chi connectivity index (χ2n) is 10.2. The Kier molecular flexibility index (Phi) is 7.50. The van der Waals surface area contributed by atoms with Crippen LogP contribution in [0.2, 0.25) is 0 Å². The average Bonchev–Trinajstić information content (AvgIpc) is 3.68. The number of benzene rings is 3. The lowest BCUT2D eigenvalue weighted by Gasteiger charge is -2.14. The summed E-state index contributed by atoms with van der Waals surface area (Å²) in [5.74, 6) is 0.443. The molecule has 1 saturated heterocycles. The van der Waals surface area contributed by atoms with Crippen molar-refractivity contribution in [3.63, 3.8) is 0 Å². The maximum atomic E-state index is 13.5. The standard InChI is InChI=1S/C32H32FN7/c33-27-5-3-4-23(16-27)20-35-30-9-7-28(17-26(30)19-34)38-32-29-18-24(6-8-31(29)36-22-37-32)25-10-13-40(21-25)15-14-39-11-1-2-12-39/h3-10,13,16-19,21-22,34-35H,1-2,11-12,14-15,20H2,(H,36,37,38). The van der Waals surface area contributed by atoms with Crippen molar-refractivity contribution in [3.8, 4) is 11.1 Å². The van der Waals surface area contributed by atoms with Crippen LogP contribution < -0.4 is 10.6 Å². The van der Waals surface area contributed by atoms with Crippen LogP contribution in [-0.4, -0.2) is 45.3 Å². The summed E-state index contributed by atoms with van der Waals surface area (Å²) in [5, 5.41) is 15.6. The zero-order chi connectivity index (χ0) is 27.3. The highest BCUT2D eigenvalue weighted by atomic mass is 19.1. The molecule has 6 rings (SSSR count). The number of anilines is 3. The molecule has 5 aromatic rings. The first kappa shape index (κ1) is 25.7. The highest BCUT2D eigenvalue weighted by Crippen LogP contribution is 2.30. The summed E-state index contributed by atoms with van der Waals surface area (Å²) in [6.07, 6.45) is 9.85. The van der Waals surface area contributed by atoms with Crippen LogP contribution in [0.4, 0.5) is 21.6 Å². The van der Waals surface area contributed by atoms with E-state index in [2.05, 4.69) is 60.7 Å². The molecule has 3 heterocycles. The number of fused-ring (bicyclic) bond motifs is 1. The highest BCUT2D eigenvalue weighted by Gasteiger charge is 2.12. The first-order valence-electron chi connectivity index (χ1n) is 13.7. The van der Waals surface area contributed by atoms with Gasteiger partial charge in [0.05, 0.1) is 5.52 Å². The molecule has 202 valence electrons. The van der Waals surface area contributed by atoms with Gasteiger partial charge in [0.15, 0.2) is 0 Å². The quantitative estimate of drug-likeness (QED) is 0.174. The third-order valence-corrected chi connectivity index (χ3v) is 7.43. The van der Waals surface area contributed by atoms with Gasteiger partial charge in [0, 0.05) is 60.6 Å². The Morgan fingerprint density at radius 2 is 1.82 bits per heavy atom. The topological polar surface area (TPSA) is 81.9 Å². The van der Waals surface area contributed by atoms with Crippen molar-refractivity contribution in [2.45, 2.75) is 25.9 Å². The molecular weight excluding hydrogens is 501 g/mol. The van der Waals surface area contributed by atoms with Gasteiger partial charge in [-0.3, -0.25) is 0 Å². The van der Waals surface area contributed by atoms with Crippen LogP contribution in [-0.2, 0) is 13.1 Å². The molecule has 0 saturated carbocycles. The van der Waals surface area contributed by atoms with E-state index in [4.69, 9.17) is 5.41 Å². The summed E-state index contributed by atoms with van der Waals surface area (Å²) in [7, 11) is 0. The van der Waals surface area contributed by atoms with E-state index in [0.29, 0.717) is 12.4 Å². The summed E-state index contributed by atoms with van der Waals surface area (Å²) in [6, 6.07) is 20.7. The minimum absolute atomic E-state index is 0.263. The average molecular weight is 534 g/mol. The Bertz CT molecular complexity index is 1640. The van der Waals surface area contributed by atoms with Crippen molar-refractivity contribution in [1.29, 1.82) is 5.41 Å². The van der Waals surface area contributed by atoms with Crippen molar-refractivity contribution in [3.05, 3.63) is 102 Å². The number of hydrogen-bond donors (Lipinski definition) is 3. The second-order valence-corrected chi connectivity index (χ2v) is 10.2. The normalized spacial score (nSPS) is 13.5. The number of rotatable bonds is 10. The summed E-state index contributed by atoms with van der Waals surface area (Å²) in [4.78, 5) is 11.5. The Balaban J connectivity index is 1.19. The van der Waals surface area contributed by atoms with E-state index >= 15 is 0 Å². The van der Waals surface area contributed by atoms with Gasteiger partial charge in [-0.1, -0.05) is 18.2 Å². The molecule has 1 fully saturated rings. The fraction of sp³-hybridized carbons (Fsp3) is 0.219. The maximum Gasteiger partial charge on any atom is 0.141 e. The molecule has 0 unspecified atom stereocenters. The molecular formula is C32H32FN7. The molecule has 0 atom stereocenters. The van der Waals surface area contributed by atoms with Gasteiger partial charge in [0.1, 0.15) is 18.0 Å². The van der Waals surface area contributed by atoms with Crippen molar-refractivity contribution in [1.82, 2.24) is 19.4 Å². The molecule has 1 aliphatic heterocycles. The predicted molar refractivity (Wildman–Crippen MR) is 160 cm³/mol. The zero-order valence-corrected chi connectivity index (χ0v) is 22.3. The predicted octanol–water partition coefficient (Wildman–Crippen LogP) is 6.69. The van der Waals surface area contributed by atoms with Gasteiger partial charge < -0.3 is 25.5 Å². The molecule has 0 bridgehead atoms. The minimum atomic E-state index is -0.263. The van der Waals surface area contributed by atoms with Crippen molar-refractivity contribution >= 4 is 34.3 Å². The largest absolute Gasteiger partial charge is 0.380 e. The molecule has 3 aromatic carbocycles. The molecule has 40 heavy (non-hydrogen) atoms. The van der Waals surface area contributed by atoms with Crippen LogP contribution in [0.3, 0.4) is 0 Å². The van der Waals surface area contributed by atoms with Gasteiger partial charge in [-0.15, -0.1) is 0 Å². The molecule has 3 N–H and O–H groups in total. The van der Waals surface area contributed by atoms with Crippen molar-refractivity contribution < 1.29 is 4.39 Å². The lowest BCUT2D eigenvalue weighted by Crippen LogP contribution is -2.23. The van der Waals surface area contributed by atoms with E-state index in [0.717, 1.165) is 57.6 Å². The van der Waals surface area contributed by atoms with E-state index in [9.17, 15) is 4.39 Å². The lowest BCUT2D eigenvalue weighted by molar-refractivity contribution is 0.323. The summed E-state index contributed by atoms with van der Waals surface area (Å²) in [6.45, 7) is 4.97. The van der Waals surface area contributed by atoms with Crippen LogP contribution in [0.25, 0.3) is 22.0 Å². The molecule has 0 aliphatic carbocycles. The maximum absolute atomic E-state index is 13.5. The Morgan fingerprint density at radius 1 is 0.925 bits per heavy atom. The number of hydrogen-bond acceptors (Lipinski definition) is 6. The van der Waals surface area contributed by atoms with Gasteiger partial charge in [-0.05, 0) is 91.2 Å². The number of likely N-dealkylation sites (tertiary alicyclic amines) is 1. The van der Waals surface area contributed by atoms with Gasteiger partial charge in [0.2, 0.25) is 0 Å². The Morgan fingerprint density at radius 3 is 2.67 bits per heavy atom. The van der Waals surface area contributed by atoms with E-state index < -0.39 is 0 Å². The molecule has 0 radical (unpaired) electrons. The molecule has 8 heteroatoms. The van der Waals surface area contributed by atoms with Gasteiger partial charge in [-0.2, -0.15) is 0 Å². The monoisotopic (exact) mass is 533 g/mol.